The zero-order chi connectivity index (χ0) is 65.1. The minimum Gasteiger partial charge on any atom is -0.481 e. The van der Waals surface area contributed by atoms with Gasteiger partial charge in [-0.3, -0.25) is 4.79 Å². The first-order valence-electron chi connectivity index (χ1n) is 43.6. The highest BCUT2D eigenvalue weighted by Crippen LogP contribution is 2.21. The first kappa shape index (κ1) is 90.3. The van der Waals surface area contributed by atoms with Crippen molar-refractivity contribution in [3.8, 4) is 0 Å². The van der Waals surface area contributed by atoms with E-state index in [4.69, 9.17) is 5.11 Å². The number of carboxylic acids is 1. The van der Waals surface area contributed by atoms with Gasteiger partial charge >= 0.3 is 5.97 Å². The van der Waals surface area contributed by atoms with Gasteiger partial charge in [-0.15, -0.1) is 0 Å². The standard InChI is InChI=1S/C86H175N3O2/c1-2-3-4-5-6-7-8-9-10-11-12-13-14-15-16-17-18-19-20-21-22-23-24-25-26-27-28-29-30-31-32-33-34-35-36-37-38-39-40-41-42-43-44-45-46-47-48-49-50-51-52-53-54-55-56-57-58-59-60-61-62-63-64-65-66-67-68-69-70-71-72-75-80-87-81-76-73-77-82-88-84-85-89-83-78-74-79-86(90)91/h87-89H,2-85H2,1H3,(H,90,91). The lowest BCUT2D eigenvalue weighted by Crippen LogP contribution is -2.28. The van der Waals surface area contributed by atoms with Crippen molar-refractivity contribution in [2.24, 2.45) is 0 Å². The molecule has 0 rings (SSSR count). The summed E-state index contributed by atoms with van der Waals surface area (Å²) in [6.45, 7) is 8.65. The van der Waals surface area contributed by atoms with Crippen LogP contribution in [-0.2, 0) is 4.79 Å². The van der Waals surface area contributed by atoms with Gasteiger partial charge in [0.2, 0.25) is 0 Å². The third kappa shape index (κ3) is 89.3. The van der Waals surface area contributed by atoms with E-state index in [9.17, 15) is 4.79 Å². The minimum absolute atomic E-state index is 0.286. The number of carboxylic acid groups (broad SMARTS) is 1. The topological polar surface area (TPSA) is 73.4 Å². The molecule has 5 nitrogen and oxygen atoms in total. The first-order valence-corrected chi connectivity index (χ1v) is 43.6. The fourth-order valence-corrected chi connectivity index (χ4v) is 14.5. The van der Waals surface area contributed by atoms with Crippen molar-refractivity contribution in [3.05, 3.63) is 0 Å². The van der Waals surface area contributed by atoms with Crippen molar-refractivity contribution in [2.75, 3.05) is 39.3 Å². The molecular formula is C86H175N3O2. The summed E-state index contributed by atoms with van der Waals surface area (Å²) in [5, 5.41) is 19.2. The highest BCUT2D eigenvalue weighted by Gasteiger charge is 2.03. The van der Waals surface area contributed by atoms with E-state index in [-0.39, 0.29) is 6.42 Å². The van der Waals surface area contributed by atoms with Gasteiger partial charge in [0.05, 0.1) is 0 Å². The van der Waals surface area contributed by atoms with E-state index >= 15 is 0 Å². The predicted molar refractivity (Wildman–Crippen MR) is 412 cm³/mol. The van der Waals surface area contributed by atoms with Crippen LogP contribution in [0.15, 0.2) is 0 Å². The molecule has 0 fully saturated rings. The summed E-state index contributed by atoms with van der Waals surface area (Å²) in [7, 11) is 0. The number of nitrogens with one attached hydrogen (secondary N) is 3. The summed E-state index contributed by atoms with van der Waals surface area (Å²) in [5.41, 5.74) is 0. The number of carbonyl (C=O) groups is 1. The number of hydrogen-bond donors (Lipinski definition) is 4. The van der Waals surface area contributed by atoms with Crippen LogP contribution < -0.4 is 16.0 Å². The SMILES string of the molecule is CCCCCCCCCCCCCCCCCCCCCCCCCCCCCCCCCCCCCCCCCCCCCCCCCCCCCCCCCCCCCCCCCCCCCCCCCCNCCCCCNCCNCCCCC(=O)O. The van der Waals surface area contributed by atoms with Crippen molar-refractivity contribution in [2.45, 2.75) is 508 Å². The van der Waals surface area contributed by atoms with E-state index in [1.54, 1.807) is 0 Å². The van der Waals surface area contributed by atoms with Crippen molar-refractivity contribution < 1.29 is 9.90 Å². The summed E-state index contributed by atoms with van der Waals surface area (Å²) in [6, 6.07) is 0. The molecule has 0 aromatic rings. The molecule has 0 aromatic carbocycles. The Balaban J connectivity index is 3.09. The Morgan fingerprint density at radius 2 is 0.275 bits per heavy atom. The largest absolute Gasteiger partial charge is 0.481 e. The Hall–Kier alpha value is -0.650. The molecule has 0 atom stereocenters. The molecule has 546 valence electrons. The molecule has 0 bridgehead atoms. The lowest BCUT2D eigenvalue weighted by molar-refractivity contribution is -0.137. The molecule has 0 saturated carbocycles. The lowest BCUT2D eigenvalue weighted by atomic mass is 10.0. The Kier molecular flexibility index (Phi) is 86.7. The molecule has 0 aliphatic carbocycles. The third-order valence-corrected chi connectivity index (χ3v) is 20.9. The average Bonchev–Trinajstić information content (AvgIpc) is 3.55. The van der Waals surface area contributed by atoms with Crippen molar-refractivity contribution in [3.63, 3.8) is 0 Å². The number of rotatable bonds is 87. The second kappa shape index (κ2) is 87.4. The summed E-state index contributed by atoms with van der Waals surface area (Å²) in [6.07, 6.45) is 112. The van der Waals surface area contributed by atoms with Crippen LogP contribution in [0.4, 0.5) is 0 Å². The molecule has 0 spiro atoms. The molecule has 0 aliphatic heterocycles. The number of hydrogen-bond acceptors (Lipinski definition) is 4. The van der Waals surface area contributed by atoms with E-state index in [1.165, 1.54) is 488 Å². The Morgan fingerprint density at radius 3 is 0.418 bits per heavy atom. The van der Waals surface area contributed by atoms with Crippen LogP contribution in [0.2, 0.25) is 0 Å². The van der Waals surface area contributed by atoms with Gasteiger partial charge < -0.3 is 21.1 Å². The maximum absolute atomic E-state index is 10.5. The molecule has 91 heavy (non-hydrogen) atoms. The van der Waals surface area contributed by atoms with Crippen LogP contribution in [0.5, 0.6) is 0 Å². The van der Waals surface area contributed by atoms with E-state index < -0.39 is 5.97 Å². The monoisotopic (exact) mass is 1280 g/mol. The zero-order valence-corrected chi connectivity index (χ0v) is 63.3. The fourth-order valence-electron chi connectivity index (χ4n) is 14.5. The van der Waals surface area contributed by atoms with Gasteiger partial charge in [0, 0.05) is 19.5 Å². The predicted octanol–water partition coefficient (Wildman–Crippen LogP) is 29.3. The van der Waals surface area contributed by atoms with Crippen LogP contribution in [0.3, 0.4) is 0 Å². The molecule has 0 aliphatic rings. The molecular weight excluding hydrogens is 1110 g/mol. The fraction of sp³-hybridized carbons (Fsp3) is 0.988. The van der Waals surface area contributed by atoms with Gasteiger partial charge in [0.25, 0.3) is 0 Å². The molecule has 0 heterocycles. The molecule has 0 radical (unpaired) electrons. The van der Waals surface area contributed by atoms with E-state index in [2.05, 4.69) is 22.9 Å². The Labute approximate surface area is 575 Å². The van der Waals surface area contributed by atoms with Crippen molar-refractivity contribution in [1.29, 1.82) is 0 Å². The zero-order valence-electron chi connectivity index (χ0n) is 63.3. The molecule has 0 amide bonds. The second-order valence-corrected chi connectivity index (χ2v) is 30.3. The molecule has 0 saturated heterocycles. The quantitative estimate of drug-likeness (QED) is 0.0457. The number of unbranched alkanes of at least 4 members (excludes halogenated alkanes) is 74. The van der Waals surface area contributed by atoms with Gasteiger partial charge in [0.15, 0.2) is 0 Å². The highest BCUT2D eigenvalue weighted by atomic mass is 16.4. The average molecular weight is 1280 g/mol. The van der Waals surface area contributed by atoms with Crippen LogP contribution in [0.1, 0.15) is 508 Å². The highest BCUT2D eigenvalue weighted by molar-refractivity contribution is 5.66. The minimum atomic E-state index is -0.689. The molecule has 5 heteroatoms. The van der Waals surface area contributed by atoms with Gasteiger partial charge in [-0.25, -0.2) is 0 Å². The van der Waals surface area contributed by atoms with Gasteiger partial charge in [-0.2, -0.15) is 0 Å². The maximum Gasteiger partial charge on any atom is 0.303 e. The number of aliphatic carboxylic acids is 1. The normalized spacial score (nSPS) is 11.7. The van der Waals surface area contributed by atoms with Crippen LogP contribution >= 0.6 is 0 Å². The van der Waals surface area contributed by atoms with Gasteiger partial charge in [-0.1, -0.05) is 469 Å². The third-order valence-electron chi connectivity index (χ3n) is 20.9. The van der Waals surface area contributed by atoms with Crippen LogP contribution in [0.25, 0.3) is 0 Å². The first-order chi connectivity index (χ1) is 45.3. The summed E-state index contributed by atoms with van der Waals surface area (Å²) >= 11 is 0. The van der Waals surface area contributed by atoms with Crippen molar-refractivity contribution in [1.82, 2.24) is 16.0 Å². The van der Waals surface area contributed by atoms with Gasteiger partial charge in [-0.05, 0) is 58.3 Å². The van der Waals surface area contributed by atoms with E-state index in [0.717, 1.165) is 45.6 Å². The summed E-state index contributed by atoms with van der Waals surface area (Å²) < 4.78 is 0. The smallest absolute Gasteiger partial charge is 0.303 e. The Bertz CT molecular complexity index is 1250. The maximum atomic E-state index is 10.5. The summed E-state index contributed by atoms with van der Waals surface area (Å²) in [4.78, 5) is 10.5. The lowest BCUT2D eigenvalue weighted by Gasteiger charge is -2.07. The van der Waals surface area contributed by atoms with Gasteiger partial charge in [0.1, 0.15) is 0 Å². The molecule has 0 aromatic heterocycles. The van der Waals surface area contributed by atoms with Crippen LogP contribution in [-0.4, -0.2) is 50.3 Å². The van der Waals surface area contributed by atoms with E-state index in [0.29, 0.717) is 0 Å². The van der Waals surface area contributed by atoms with Crippen LogP contribution in [0, 0.1) is 0 Å². The molecule has 0 unspecified atom stereocenters. The second-order valence-electron chi connectivity index (χ2n) is 30.3. The van der Waals surface area contributed by atoms with Crippen molar-refractivity contribution >= 4 is 5.97 Å². The summed E-state index contributed by atoms with van der Waals surface area (Å²) in [5.74, 6) is -0.689. The van der Waals surface area contributed by atoms with E-state index in [1.807, 2.05) is 0 Å². The molecule has 4 N–H and O–H groups in total. The Morgan fingerprint density at radius 1 is 0.165 bits per heavy atom.